The predicted molar refractivity (Wildman–Crippen MR) is 60.4 cm³/mol. The molecular formula is C12H22N2. The van der Waals surface area contributed by atoms with Crippen molar-refractivity contribution in [1.29, 1.82) is 0 Å². The van der Waals surface area contributed by atoms with E-state index in [9.17, 15) is 0 Å². The Morgan fingerprint density at radius 1 is 1.14 bits per heavy atom. The van der Waals surface area contributed by atoms with Crippen LogP contribution in [0.3, 0.4) is 0 Å². The molecule has 80 valence electrons. The summed E-state index contributed by atoms with van der Waals surface area (Å²) in [6.45, 7) is 14.5. The van der Waals surface area contributed by atoms with Crippen molar-refractivity contribution in [2.45, 2.75) is 53.5 Å². The molecule has 14 heavy (non-hydrogen) atoms. The van der Waals surface area contributed by atoms with E-state index < -0.39 is 0 Å². The minimum atomic E-state index is 0.182. The third-order valence-corrected chi connectivity index (χ3v) is 2.13. The number of aromatic nitrogens is 2. The minimum Gasteiger partial charge on any atom is -0.334 e. The van der Waals surface area contributed by atoms with Gasteiger partial charge in [0.1, 0.15) is 0 Å². The van der Waals surface area contributed by atoms with Gasteiger partial charge in [-0.05, 0) is 5.41 Å². The fourth-order valence-electron chi connectivity index (χ4n) is 1.58. The molecule has 0 unspecified atom stereocenters. The van der Waals surface area contributed by atoms with E-state index in [1.54, 1.807) is 0 Å². The van der Waals surface area contributed by atoms with Crippen LogP contribution in [0, 0.1) is 5.41 Å². The molecule has 0 saturated heterocycles. The first-order valence-electron chi connectivity index (χ1n) is 5.21. The Labute approximate surface area is 87.4 Å². The van der Waals surface area contributed by atoms with Gasteiger partial charge in [0.15, 0.2) is 0 Å². The van der Waals surface area contributed by atoms with E-state index in [1.165, 1.54) is 5.69 Å². The summed E-state index contributed by atoms with van der Waals surface area (Å²) >= 11 is 0. The van der Waals surface area contributed by atoms with Gasteiger partial charge in [0.05, 0.1) is 6.33 Å². The highest BCUT2D eigenvalue weighted by Gasteiger charge is 2.21. The molecule has 1 rings (SSSR count). The molecule has 0 aliphatic carbocycles. The molecule has 0 aliphatic rings. The van der Waals surface area contributed by atoms with Crippen molar-refractivity contribution >= 4 is 0 Å². The summed E-state index contributed by atoms with van der Waals surface area (Å²) in [6, 6.07) is 0. The molecule has 0 N–H and O–H groups in total. The molecule has 0 amide bonds. The Balaban J connectivity index is 2.95. The lowest BCUT2D eigenvalue weighted by Gasteiger charge is -2.25. The Morgan fingerprint density at radius 3 is 2.14 bits per heavy atom. The van der Waals surface area contributed by atoms with Crippen molar-refractivity contribution in [3.05, 3.63) is 18.2 Å². The molecule has 0 radical (unpaired) electrons. The number of hydrogen-bond donors (Lipinski definition) is 0. The molecule has 0 saturated carbocycles. The Morgan fingerprint density at radius 2 is 1.71 bits per heavy atom. The fourth-order valence-corrected chi connectivity index (χ4v) is 1.58. The number of rotatable bonds is 1. The summed E-state index contributed by atoms with van der Waals surface area (Å²) in [5.41, 5.74) is 1.80. The van der Waals surface area contributed by atoms with Gasteiger partial charge in [-0.25, -0.2) is 4.98 Å². The van der Waals surface area contributed by atoms with Crippen molar-refractivity contribution < 1.29 is 0 Å². The van der Waals surface area contributed by atoms with E-state index in [4.69, 9.17) is 0 Å². The fraction of sp³-hybridized carbons (Fsp3) is 0.750. The van der Waals surface area contributed by atoms with Crippen molar-refractivity contribution in [3.63, 3.8) is 0 Å². The average molecular weight is 194 g/mol. The number of nitrogens with zero attached hydrogens (tertiary/aromatic N) is 2. The van der Waals surface area contributed by atoms with Crippen LogP contribution >= 0.6 is 0 Å². The first-order chi connectivity index (χ1) is 6.20. The van der Waals surface area contributed by atoms with E-state index in [0.717, 1.165) is 6.54 Å². The van der Waals surface area contributed by atoms with Crippen LogP contribution in [-0.4, -0.2) is 9.55 Å². The van der Waals surface area contributed by atoms with Gasteiger partial charge in [-0.2, -0.15) is 0 Å². The molecule has 2 nitrogen and oxygen atoms in total. The van der Waals surface area contributed by atoms with Crippen LogP contribution in [0.4, 0.5) is 0 Å². The maximum absolute atomic E-state index is 4.24. The molecule has 0 fully saturated rings. The van der Waals surface area contributed by atoms with Crippen LogP contribution < -0.4 is 0 Å². The van der Waals surface area contributed by atoms with Crippen molar-refractivity contribution in [1.82, 2.24) is 9.55 Å². The maximum Gasteiger partial charge on any atom is 0.0948 e. The maximum atomic E-state index is 4.24. The molecule has 1 aromatic rings. The number of imidazole rings is 1. The molecule has 0 bridgehead atoms. The van der Waals surface area contributed by atoms with Crippen molar-refractivity contribution in [2.75, 3.05) is 0 Å². The topological polar surface area (TPSA) is 17.8 Å². The Bertz CT molecular complexity index is 297. The zero-order valence-corrected chi connectivity index (χ0v) is 10.3. The second-order valence-electron chi connectivity index (χ2n) is 6.22. The summed E-state index contributed by atoms with van der Waals surface area (Å²) < 4.78 is 2.26. The lowest BCUT2D eigenvalue weighted by Crippen LogP contribution is -2.22. The second kappa shape index (κ2) is 3.41. The molecule has 0 atom stereocenters. The van der Waals surface area contributed by atoms with E-state index in [-0.39, 0.29) is 5.41 Å². The van der Waals surface area contributed by atoms with Gasteiger partial charge in [0.2, 0.25) is 0 Å². The van der Waals surface area contributed by atoms with E-state index in [0.29, 0.717) is 5.41 Å². The van der Waals surface area contributed by atoms with Crippen LogP contribution in [-0.2, 0) is 12.0 Å². The van der Waals surface area contributed by atoms with Crippen LogP contribution in [0.2, 0.25) is 0 Å². The second-order valence-corrected chi connectivity index (χ2v) is 6.22. The standard InChI is InChI=1S/C12H22N2/c1-11(2,3)8-14-9-13-7-10(14)12(4,5)6/h7,9H,8H2,1-6H3. The largest absolute Gasteiger partial charge is 0.334 e. The van der Waals surface area contributed by atoms with Gasteiger partial charge in [0.25, 0.3) is 0 Å². The molecule has 0 aromatic carbocycles. The predicted octanol–water partition coefficient (Wildman–Crippen LogP) is 3.23. The van der Waals surface area contributed by atoms with Gasteiger partial charge in [-0.1, -0.05) is 41.5 Å². The minimum absolute atomic E-state index is 0.182. The summed E-state index contributed by atoms with van der Waals surface area (Å²) in [6.07, 6.45) is 3.91. The van der Waals surface area contributed by atoms with Crippen molar-refractivity contribution in [2.24, 2.45) is 5.41 Å². The van der Waals surface area contributed by atoms with Crippen LogP contribution in [0.25, 0.3) is 0 Å². The first kappa shape index (κ1) is 11.3. The molecule has 1 aromatic heterocycles. The highest BCUT2D eigenvalue weighted by atomic mass is 15.1. The summed E-state index contributed by atoms with van der Waals surface area (Å²) in [5.74, 6) is 0. The van der Waals surface area contributed by atoms with Crippen LogP contribution in [0.15, 0.2) is 12.5 Å². The molecule has 2 heteroatoms. The number of hydrogen-bond acceptors (Lipinski definition) is 1. The van der Waals surface area contributed by atoms with Gasteiger partial charge >= 0.3 is 0 Å². The molecule has 1 heterocycles. The molecule has 0 spiro atoms. The van der Waals surface area contributed by atoms with Crippen LogP contribution in [0.5, 0.6) is 0 Å². The van der Waals surface area contributed by atoms with Gasteiger partial charge in [-0.3, -0.25) is 0 Å². The van der Waals surface area contributed by atoms with Crippen molar-refractivity contribution in [3.8, 4) is 0 Å². The van der Waals surface area contributed by atoms with Gasteiger partial charge < -0.3 is 4.57 Å². The smallest absolute Gasteiger partial charge is 0.0948 e. The first-order valence-corrected chi connectivity index (χ1v) is 5.21. The van der Waals surface area contributed by atoms with E-state index in [1.807, 2.05) is 12.5 Å². The molecule has 0 aliphatic heterocycles. The third kappa shape index (κ3) is 2.86. The average Bonchev–Trinajstić information content (AvgIpc) is 2.29. The highest BCUT2D eigenvalue weighted by Crippen LogP contribution is 2.25. The lowest BCUT2D eigenvalue weighted by molar-refractivity contribution is 0.329. The summed E-state index contributed by atoms with van der Waals surface area (Å²) in [5, 5.41) is 0. The van der Waals surface area contributed by atoms with Gasteiger partial charge in [-0.15, -0.1) is 0 Å². The third-order valence-electron chi connectivity index (χ3n) is 2.13. The Kier molecular flexibility index (Phi) is 2.75. The van der Waals surface area contributed by atoms with E-state index >= 15 is 0 Å². The zero-order chi connectivity index (χ0) is 11.0. The lowest BCUT2D eigenvalue weighted by atomic mass is 9.91. The Hall–Kier alpha value is -0.790. The summed E-state index contributed by atoms with van der Waals surface area (Å²) in [7, 11) is 0. The monoisotopic (exact) mass is 194 g/mol. The van der Waals surface area contributed by atoms with Gasteiger partial charge in [0, 0.05) is 23.9 Å². The highest BCUT2D eigenvalue weighted by molar-refractivity contribution is 5.10. The quantitative estimate of drug-likeness (QED) is 0.671. The normalized spacial score (nSPS) is 13.3. The van der Waals surface area contributed by atoms with E-state index in [2.05, 4.69) is 51.1 Å². The SMILES string of the molecule is CC(C)(C)Cn1cncc1C(C)(C)C. The summed E-state index contributed by atoms with van der Waals surface area (Å²) in [4.78, 5) is 4.24. The van der Waals surface area contributed by atoms with Crippen LogP contribution in [0.1, 0.15) is 47.2 Å². The zero-order valence-electron chi connectivity index (χ0n) is 10.3. The molecular weight excluding hydrogens is 172 g/mol.